The van der Waals surface area contributed by atoms with Gasteiger partial charge in [-0.3, -0.25) is 0 Å². The zero-order valence-corrected chi connectivity index (χ0v) is 13.3. The molecule has 2 aromatic rings. The third-order valence-electron chi connectivity index (χ3n) is 3.14. The van der Waals surface area contributed by atoms with Gasteiger partial charge in [0.1, 0.15) is 12.9 Å². The van der Waals surface area contributed by atoms with Crippen LogP contribution in [0.25, 0.3) is 0 Å². The van der Waals surface area contributed by atoms with Gasteiger partial charge in [-0.1, -0.05) is 51.1 Å². The van der Waals surface area contributed by atoms with Gasteiger partial charge >= 0.3 is 6.09 Å². The third-order valence-corrected chi connectivity index (χ3v) is 3.14. The summed E-state index contributed by atoms with van der Waals surface area (Å²) in [7, 11) is 0. The minimum Gasteiger partial charge on any atom is -0.449 e. The van der Waals surface area contributed by atoms with Crippen molar-refractivity contribution in [3.05, 3.63) is 53.7 Å². The van der Waals surface area contributed by atoms with E-state index in [1.807, 2.05) is 30.3 Å². The van der Waals surface area contributed by atoms with Crippen LogP contribution in [0.3, 0.4) is 0 Å². The molecule has 1 aromatic carbocycles. The minimum atomic E-state index is -0.438. The Morgan fingerprint density at radius 1 is 1.27 bits per heavy atom. The predicted molar refractivity (Wildman–Crippen MR) is 83.5 cm³/mol. The average Bonchev–Trinajstić information content (AvgIpc) is 2.95. The second-order valence-electron chi connectivity index (χ2n) is 6.11. The molecule has 0 saturated carbocycles. The Bertz CT molecular complexity index is 600. The van der Waals surface area contributed by atoms with E-state index in [4.69, 9.17) is 9.15 Å². The molecule has 0 aliphatic rings. The van der Waals surface area contributed by atoms with Crippen LogP contribution < -0.4 is 5.32 Å². The Balaban J connectivity index is 1.70. The lowest BCUT2D eigenvalue weighted by atomic mass is 9.93. The average molecular weight is 302 g/mol. The van der Waals surface area contributed by atoms with Crippen LogP contribution in [0.1, 0.15) is 37.9 Å². The van der Waals surface area contributed by atoms with Crippen molar-refractivity contribution in [3.8, 4) is 0 Å². The van der Waals surface area contributed by atoms with Crippen molar-refractivity contribution < 1.29 is 13.9 Å². The van der Waals surface area contributed by atoms with Gasteiger partial charge in [0, 0.05) is 18.4 Å². The van der Waals surface area contributed by atoms with Gasteiger partial charge in [-0.25, -0.2) is 9.78 Å². The van der Waals surface area contributed by atoms with Gasteiger partial charge in [-0.2, -0.15) is 0 Å². The zero-order chi connectivity index (χ0) is 16.0. The van der Waals surface area contributed by atoms with E-state index in [9.17, 15) is 4.79 Å². The quantitative estimate of drug-likeness (QED) is 0.919. The predicted octanol–water partition coefficient (Wildman–Crippen LogP) is 3.44. The number of oxazole rings is 1. The fourth-order valence-corrected chi connectivity index (χ4v) is 1.82. The van der Waals surface area contributed by atoms with Crippen molar-refractivity contribution in [2.24, 2.45) is 0 Å². The first kappa shape index (κ1) is 16.1. The number of nitrogens with one attached hydrogen (secondary N) is 1. The maximum atomic E-state index is 11.6. The van der Waals surface area contributed by atoms with Gasteiger partial charge < -0.3 is 14.5 Å². The van der Waals surface area contributed by atoms with Crippen LogP contribution in [0.15, 0.2) is 41.0 Å². The second kappa shape index (κ2) is 7.11. The molecule has 0 aliphatic heterocycles. The van der Waals surface area contributed by atoms with Crippen molar-refractivity contribution >= 4 is 6.09 Å². The lowest BCUT2D eigenvalue weighted by molar-refractivity contribution is 0.139. The van der Waals surface area contributed by atoms with Gasteiger partial charge in [0.25, 0.3) is 0 Å². The molecule has 0 spiro atoms. The summed E-state index contributed by atoms with van der Waals surface area (Å²) in [5.41, 5.74) is 1.83. The molecule has 1 N–H and O–H groups in total. The fraction of sp³-hybridized carbons (Fsp3) is 0.412. The molecule has 2 rings (SSSR count). The molecule has 5 nitrogen and oxygen atoms in total. The fourth-order valence-electron chi connectivity index (χ4n) is 1.82. The van der Waals surface area contributed by atoms with Gasteiger partial charge in [-0.05, 0) is 5.56 Å². The second-order valence-corrected chi connectivity index (χ2v) is 6.11. The molecule has 0 bridgehead atoms. The number of alkyl carbamates (subject to hydrolysis) is 1. The number of ether oxygens (including phenoxy) is 1. The highest BCUT2D eigenvalue weighted by molar-refractivity contribution is 5.67. The summed E-state index contributed by atoms with van der Waals surface area (Å²) in [4.78, 5) is 16.0. The van der Waals surface area contributed by atoms with Gasteiger partial charge in [0.05, 0.1) is 5.69 Å². The van der Waals surface area contributed by atoms with Crippen molar-refractivity contribution in [1.29, 1.82) is 0 Å². The molecule has 0 radical (unpaired) electrons. The highest BCUT2D eigenvalue weighted by atomic mass is 16.5. The van der Waals surface area contributed by atoms with E-state index in [2.05, 4.69) is 31.1 Å². The maximum absolute atomic E-state index is 11.6. The number of rotatable bonds is 5. The summed E-state index contributed by atoms with van der Waals surface area (Å²) in [5, 5.41) is 2.69. The Kier molecular flexibility index (Phi) is 5.20. The molecule has 118 valence electrons. The molecule has 1 aromatic heterocycles. The largest absolute Gasteiger partial charge is 0.449 e. The summed E-state index contributed by atoms with van der Waals surface area (Å²) in [6.45, 7) is 6.92. The number of hydrogen-bond donors (Lipinski definition) is 1. The Labute approximate surface area is 130 Å². The van der Waals surface area contributed by atoms with Gasteiger partial charge in [0.2, 0.25) is 0 Å². The van der Waals surface area contributed by atoms with Crippen LogP contribution in [0, 0.1) is 0 Å². The van der Waals surface area contributed by atoms with Gasteiger partial charge in [-0.15, -0.1) is 0 Å². The number of hydrogen-bond acceptors (Lipinski definition) is 4. The number of nitrogens with zero attached hydrogens (tertiary/aromatic N) is 1. The number of carbonyl (C=O) groups is 1. The number of amides is 1. The van der Waals surface area contributed by atoms with E-state index < -0.39 is 6.09 Å². The molecule has 5 heteroatoms. The first-order valence-corrected chi connectivity index (χ1v) is 7.34. The van der Waals surface area contributed by atoms with Crippen molar-refractivity contribution in [2.45, 2.75) is 39.2 Å². The molecular formula is C17H22N2O3. The smallest absolute Gasteiger partial charge is 0.407 e. The number of carbonyl (C=O) groups excluding carboxylic acids is 1. The summed E-state index contributed by atoms with van der Waals surface area (Å²) < 4.78 is 10.5. The summed E-state index contributed by atoms with van der Waals surface area (Å²) in [6.07, 6.45) is 1.77. The zero-order valence-electron chi connectivity index (χ0n) is 13.3. The molecule has 0 fully saturated rings. The first-order chi connectivity index (χ1) is 10.4. The van der Waals surface area contributed by atoms with Crippen molar-refractivity contribution in [1.82, 2.24) is 10.3 Å². The molecule has 1 heterocycles. The summed E-state index contributed by atoms with van der Waals surface area (Å²) >= 11 is 0. The molecule has 0 saturated heterocycles. The molecule has 1 amide bonds. The maximum Gasteiger partial charge on any atom is 0.407 e. The van der Waals surface area contributed by atoms with E-state index >= 15 is 0 Å². The van der Waals surface area contributed by atoms with Crippen LogP contribution in [-0.2, 0) is 23.2 Å². The Hall–Kier alpha value is -2.30. The van der Waals surface area contributed by atoms with E-state index in [-0.39, 0.29) is 12.0 Å². The van der Waals surface area contributed by atoms with Crippen LogP contribution in [0.4, 0.5) is 4.79 Å². The van der Waals surface area contributed by atoms with Crippen LogP contribution in [0.5, 0.6) is 0 Å². The molecule has 22 heavy (non-hydrogen) atoms. The molecule has 0 unspecified atom stereocenters. The topological polar surface area (TPSA) is 64.4 Å². The number of aromatic nitrogens is 1. The lowest BCUT2D eigenvalue weighted by Gasteiger charge is -2.12. The van der Waals surface area contributed by atoms with E-state index in [1.54, 1.807) is 6.26 Å². The first-order valence-electron chi connectivity index (χ1n) is 7.34. The normalized spacial score (nSPS) is 11.2. The minimum absolute atomic E-state index is 0.0379. The van der Waals surface area contributed by atoms with Crippen molar-refractivity contribution in [2.75, 3.05) is 6.54 Å². The molecule has 0 atom stereocenters. The number of benzene rings is 1. The van der Waals surface area contributed by atoms with E-state index in [0.29, 0.717) is 18.9 Å². The Morgan fingerprint density at radius 3 is 2.64 bits per heavy atom. The Morgan fingerprint density at radius 2 is 2.00 bits per heavy atom. The highest BCUT2D eigenvalue weighted by Gasteiger charge is 2.18. The van der Waals surface area contributed by atoms with Crippen LogP contribution >= 0.6 is 0 Å². The summed E-state index contributed by atoms with van der Waals surface area (Å²) in [5.74, 6) is 0.619. The van der Waals surface area contributed by atoms with Crippen molar-refractivity contribution in [3.63, 3.8) is 0 Å². The standard InChI is InChI=1S/C17H22N2O3/c1-17(2,3)14-12-21-15(19-14)9-10-18-16(20)22-11-13-7-5-4-6-8-13/h4-8,12H,9-11H2,1-3H3,(H,18,20). The lowest BCUT2D eigenvalue weighted by Crippen LogP contribution is -2.26. The van der Waals surface area contributed by atoms with E-state index in [1.165, 1.54) is 0 Å². The third kappa shape index (κ3) is 4.91. The molecular weight excluding hydrogens is 280 g/mol. The SMILES string of the molecule is CC(C)(C)c1coc(CCNC(=O)OCc2ccccc2)n1. The van der Waals surface area contributed by atoms with Gasteiger partial charge in [0.15, 0.2) is 5.89 Å². The van der Waals surface area contributed by atoms with Crippen LogP contribution in [0.2, 0.25) is 0 Å². The van der Waals surface area contributed by atoms with Crippen LogP contribution in [-0.4, -0.2) is 17.6 Å². The van der Waals surface area contributed by atoms with E-state index in [0.717, 1.165) is 11.3 Å². The highest BCUT2D eigenvalue weighted by Crippen LogP contribution is 2.21. The molecule has 0 aliphatic carbocycles. The monoisotopic (exact) mass is 302 g/mol. The summed E-state index contributed by atoms with van der Waals surface area (Å²) in [6, 6.07) is 9.56.